The maximum Gasteiger partial charge on any atom is 0.163 e. The highest BCUT2D eigenvalue weighted by Crippen LogP contribution is 2.38. The maximum absolute atomic E-state index is 5.61. The van der Waals surface area contributed by atoms with Crippen LogP contribution in [0.4, 0.5) is 11.4 Å². The molecule has 3 aromatic rings. The number of nitrogens with one attached hydrogen (secondary N) is 1. The fourth-order valence-electron chi connectivity index (χ4n) is 2.33. The molecule has 0 amide bonds. The zero-order chi connectivity index (χ0) is 14.1. The van der Waals surface area contributed by atoms with Gasteiger partial charge in [0.25, 0.3) is 0 Å². The second-order valence-corrected chi connectivity index (χ2v) is 4.75. The third-order valence-electron chi connectivity index (χ3n) is 3.35. The first-order valence-electron chi connectivity index (χ1n) is 6.78. The molecule has 1 aliphatic rings. The molecule has 0 aliphatic carbocycles. The minimum absolute atomic E-state index is 0.573. The molecule has 0 spiro atoms. The minimum Gasteiger partial charge on any atom is -0.486 e. The predicted octanol–water partition coefficient (Wildman–Crippen LogP) is 4.35. The van der Waals surface area contributed by atoms with Crippen LogP contribution in [0.1, 0.15) is 0 Å². The molecule has 104 valence electrons. The summed E-state index contributed by atoms with van der Waals surface area (Å²) in [6.07, 6.45) is 1.84. The van der Waals surface area contributed by atoms with Crippen molar-refractivity contribution in [1.82, 2.24) is 4.98 Å². The lowest BCUT2D eigenvalue weighted by Crippen LogP contribution is -2.15. The van der Waals surface area contributed by atoms with Crippen molar-refractivity contribution < 1.29 is 9.47 Å². The van der Waals surface area contributed by atoms with Crippen LogP contribution in [0.5, 0.6) is 11.5 Å². The number of hydrogen-bond acceptors (Lipinski definition) is 4. The minimum atomic E-state index is 0.573. The Bertz CT molecular complexity index is 809. The summed E-state index contributed by atoms with van der Waals surface area (Å²) in [7, 11) is 0. The van der Waals surface area contributed by atoms with Crippen molar-refractivity contribution >= 4 is 22.3 Å². The summed E-state index contributed by atoms with van der Waals surface area (Å²) in [4.78, 5) is 3.19. The van der Waals surface area contributed by atoms with Gasteiger partial charge in [0.05, 0.1) is 11.2 Å². The van der Waals surface area contributed by atoms with Crippen molar-refractivity contribution in [2.24, 2.45) is 10.2 Å². The van der Waals surface area contributed by atoms with Crippen molar-refractivity contribution in [2.45, 2.75) is 0 Å². The van der Waals surface area contributed by atoms with Gasteiger partial charge in [-0.05, 0) is 18.2 Å². The molecule has 0 saturated carbocycles. The molecule has 1 aromatic heterocycles. The van der Waals surface area contributed by atoms with Crippen LogP contribution >= 0.6 is 0 Å². The Kier molecular flexibility index (Phi) is 2.81. The quantitative estimate of drug-likeness (QED) is 0.709. The average molecular weight is 279 g/mol. The van der Waals surface area contributed by atoms with E-state index in [0.717, 1.165) is 33.8 Å². The number of aromatic amines is 1. The Balaban J connectivity index is 1.74. The molecular weight excluding hydrogens is 266 g/mol. The number of nitrogens with zero attached hydrogens (tertiary/aromatic N) is 2. The van der Waals surface area contributed by atoms with Crippen molar-refractivity contribution in [3.8, 4) is 11.5 Å². The molecule has 4 rings (SSSR count). The van der Waals surface area contributed by atoms with Crippen molar-refractivity contribution in [3.05, 3.63) is 48.7 Å². The van der Waals surface area contributed by atoms with Crippen LogP contribution in [0.15, 0.2) is 58.9 Å². The van der Waals surface area contributed by atoms with Crippen LogP contribution in [-0.2, 0) is 0 Å². The molecule has 0 bridgehead atoms. The molecule has 0 fully saturated rings. The van der Waals surface area contributed by atoms with E-state index in [0.29, 0.717) is 13.2 Å². The lowest BCUT2D eigenvalue weighted by molar-refractivity contribution is 0.172. The number of benzene rings is 2. The van der Waals surface area contributed by atoms with E-state index in [2.05, 4.69) is 15.2 Å². The van der Waals surface area contributed by atoms with Gasteiger partial charge < -0.3 is 14.5 Å². The second kappa shape index (κ2) is 4.94. The van der Waals surface area contributed by atoms with Crippen molar-refractivity contribution in [3.63, 3.8) is 0 Å². The van der Waals surface area contributed by atoms with Gasteiger partial charge in [-0.1, -0.05) is 18.2 Å². The van der Waals surface area contributed by atoms with Crippen LogP contribution in [0.25, 0.3) is 10.9 Å². The second-order valence-electron chi connectivity index (χ2n) is 4.75. The normalized spacial score (nSPS) is 13.9. The Morgan fingerprint density at radius 3 is 2.48 bits per heavy atom. The average Bonchev–Trinajstić information content (AvgIpc) is 2.94. The summed E-state index contributed by atoms with van der Waals surface area (Å²) in [6.45, 7) is 1.16. The summed E-state index contributed by atoms with van der Waals surface area (Å²) < 4.78 is 11.2. The van der Waals surface area contributed by atoms with Gasteiger partial charge in [0.15, 0.2) is 11.5 Å². The Morgan fingerprint density at radius 1 is 0.905 bits per heavy atom. The van der Waals surface area contributed by atoms with Crippen LogP contribution in [0, 0.1) is 0 Å². The SMILES string of the molecule is c1ccc(N=Nc2c[nH]c3cc4c(cc23)OCCO4)cc1. The summed E-state index contributed by atoms with van der Waals surface area (Å²) in [5, 5.41) is 9.53. The number of hydrogen-bond donors (Lipinski definition) is 1. The van der Waals surface area contributed by atoms with Crippen molar-refractivity contribution in [2.75, 3.05) is 13.2 Å². The smallest absolute Gasteiger partial charge is 0.163 e. The van der Waals surface area contributed by atoms with E-state index < -0.39 is 0 Å². The Morgan fingerprint density at radius 2 is 1.67 bits per heavy atom. The largest absolute Gasteiger partial charge is 0.486 e. The standard InChI is InChI=1S/C16H13N3O2/c1-2-4-11(5-3-1)18-19-14-10-17-13-9-16-15(8-12(13)14)20-6-7-21-16/h1-5,8-10,17H,6-7H2. The lowest BCUT2D eigenvalue weighted by atomic mass is 10.2. The molecule has 0 unspecified atom stereocenters. The first kappa shape index (κ1) is 12.0. The number of rotatable bonds is 2. The topological polar surface area (TPSA) is 59.0 Å². The fraction of sp³-hybridized carbons (Fsp3) is 0.125. The number of H-pyrrole nitrogens is 1. The Labute approximate surface area is 121 Å². The van der Waals surface area contributed by atoms with E-state index >= 15 is 0 Å². The van der Waals surface area contributed by atoms with Crippen LogP contribution in [-0.4, -0.2) is 18.2 Å². The molecule has 2 heterocycles. The summed E-state index contributed by atoms with van der Waals surface area (Å²) in [5.41, 5.74) is 2.57. The van der Waals surface area contributed by atoms with Gasteiger partial charge in [0, 0.05) is 17.6 Å². The zero-order valence-electron chi connectivity index (χ0n) is 11.2. The fourth-order valence-corrected chi connectivity index (χ4v) is 2.33. The molecule has 0 radical (unpaired) electrons. The van der Waals surface area contributed by atoms with Crippen LogP contribution in [0.2, 0.25) is 0 Å². The first-order valence-corrected chi connectivity index (χ1v) is 6.78. The number of ether oxygens (including phenoxy) is 2. The molecule has 21 heavy (non-hydrogen) atoms. The van der Waals surface area contributed by atoms with E-state index in [1.54, 1.807) is 0 Å². The monoisotopic (exact) mass is 279 g/mol. The van der Waals surface area contributed by atoms with E-state index in [1.165, 1.54) is 0 Å². The molecule has 2 aromatic carbocycles. The summed E-state index contributed by atoms with van der Waals surface area (Å²) >= 11 is 0. The van der Waals surface area contributed by atoms with Gasteiger partial charge >= 0.3 is 0 Å². The molecule has 0 atom stereocenters. The van der Waals surface area contributed by atoms with Crippen molar-refractivity contribution in [1.29, 1.82) is 0 Å². The number of azo groups is 1. The lowest BCUT2D eigenvalue weighted by Gasteiger charge is -2.18. The summed E-state index contributed by atoms with van der Waals surface area (Å²) in [6, 6.07) is 13.5. The van der Waals surface area contributed by atoms with Crippen LogP contribution < -0.4 is 9.47 Å². The molecular formula is C16H13N3O2. The number of fused-ring (bicyclic) bond motifs is 2. The third kappa shape index (κ3) is 2.23. The molecule has 5 nitrogen and oxygen atoms in total. The Hall–Kier alpha value is -2.82. The van der Waals surface area contributed by atoms with E-state index in [4.69, 9.17) is 9.47 Å². The number of aromatic nitrogens is 1. The van der Waals surface area contributed by atoms with E-state index in [1.807, 2.05) is 48.7 Å². The van der Waals surface area contributed by atoms with E-state index in [9.17, 15) is 0 Å². The van der Waals surface area contributed by atoms with Gasteiger partial charge in [-0.15, -0.1) is 5.11 Å². The third-order valence-corrected chi connectivity index (χ3v) is 3.35. The van der Waals surface area contributed by atoms with Gasteiger partial charge in [-0.3, -0.25) is 0 Å². The maximum atomic E-state index is 5.61. The first-order chi connectivity index (χ1) is 10.4. The van der Waals surface area contributed by atoms with Gasteiger partial charge in [0.1, 0.15) is 18.9 Å². The predicted molar refractivity (Wildman–Crippen MR) is 79.9 cm³/mol. The van der Waals surface area contributed by atoms with Gasteiger partial charge in [-0.25, -0.2) is 0 Å². The molecule has 1 aliphatic heterocycles. The molecule has 0 saturated heterocycles. The summed E-state index contributed by atoms with van der Waals surface area (Å²) in [5.74, 6) is 1.52. The molecule has 5 heteroatoms. The highest BCUT2D eigenvalue weighted by molar-refractivity contribution is 5.93. The van der Waals surface area contributed by atoms with Gasteiger partial charge in [-0.2, -0.15) is 5.11 Å². The highest BCUT2D eigenvalue weighted by Gasteiger charge is 2.15. The van der Waals surface area contributed by atoms with E-state index in [-0.39, 0.29) is 0 Å². The van der Waals surface area contributed by atoms with Gasteiger partial charge in [0.2, 0.25) is 0 Å². The molecule has 1 N–H and O–H groups in total. The highest BCUT2D eigenvalue weighted by atomic mass is 16.6. The zero-order valence-corrected chi connectivity index (χ0v) is 11.2. The van der Waals surface area contributed by atoms with Crippen LogP contribution in [0.3, 0.4) is 0 Å².